The predicted molar refractivity (Wildman–Crippen MR) is 308 cm³/mol. The number of aliphatic hydroxyl groups is 5. The number of rotatable bonds is 51. The van der Waals surface area contributed by atoms with Gasteiger partial charge in [-0.1, -0.05) is 266 Å². The summed E-state index contributed by atoms with van der Waals surface area (Å²) in [4.78, 5) is 13.1. The third-order valence-electron chi connectivity index (χ3n) is 14.0. The summed E-state index contributed by atoms with van der Waals surface area (Å²) in [5.41, 5.74) is 0. The number of unbranched alkanes of at least 4 members (excludes halogenated alkanes) is 29. The molecule has 1 aliphatic rings. The molecular formula is C64H113NO8. The minimum atomic E-state index is -1.58. The average Bonchev–Trinajstić information content (AvgIpc) is 3.39. The number of ether oxygens (including phenoxy) is 2. The first-order valence-electron chi connectivity index (χ1n) is 30.3. The molecule has 0 aromatic carbocycles. The van der Waals surface area contributed by atoms with Crippen LogP contribution in [0.3, 0.4) is 0 Å². The molecule has 6 N–H and O–H groups in total. The minimum Gasteiger partial charge on any atom is -0.394 e. The molecule has 0 aromatic rings. The molecule has 1 amide bonds. The second kappa shape index (κ2) is 52.8. The van der Waals surface area contributed by atoms with Crippen molar-refractivity contribution in [3.05, 3.63) is 85.1 Å². The maximum absolute atomic E-state index is 13.1. The van der Waals surface area contributed by atoms with E-state index in [0.717, 1.165) is 89.9 Å². The highest BCUT2D eigenvalue weighted by atomic mass is 16.7. The van der Waals surface area contributed by atoms with Gasteiger partial charge in [0.2, 0.25) is 5.91 Å². The summed E-state index contributed by atoms with van der Waals surface area (Å²) in [5, 5.41) is 54.6. The summed E-state index contributed by atoms with van der Waals surface area (Å²) < 4.78 is 11.3. The van der Waals surface area contributed by atoms with Gasteiger partial charge >= 0.3 is 0 Å². The zero-order valence-corrected chi connectivity index (χ0v) is 46.9. The van der Waals surface area contributed by atoms with Crippen molar-refractivity contribution >= 4 is 5.91 Å². The fraction of sp³-hybridized carbons (Fsp3) is 0.766. The highest BCUT2D eigenvalue weighted by Crippen LogP contribution is 2.23. The van der Waals surface area contributed by atoms with Gasteiger partial charge in [-0.15, -0.1) is 0 Å². The Hall–Kier alpha value is -2.63. The largest absolute Gasteiger partial charge is 0.394 e. The van der Waals surface area contributed by atoms with Crippen LogP contribution in [-0.2, 0) is 14.3 Å². The Morgan fingerprint density at radius 2 is 0.849 bits per heavy atom. The van der Waals surface area contributed by atoms with Crippen molar-refractivity contribution in [3.63, 3.8) is 0 Å². The van der Waals surface area contributed by atoms with Gasteiger partial charge in [-0.3, -0.25) is 4.79 Å². The molecule has 9 heteroatoms. The molecule has 0 spiro atoms. The summed E-state index contributed by atoms with van der Waals surface area (Å²) in [6, 6.07) is -0.826. The molecule has 7 unspecified atom stereocenters. The SMILES string of the molecule is CC/C=C\C/C=C\C/C=C\C/C=C\C/C=C\C/C=C\CCCCCCC(=O)NC(COC1OC(CO)C(O)C(O)C1O)C(O)/C=C/CCCCCCCCCCCCCCCCCCCCCCCCCCC. The van der Waals surface area contributed by atoms with E-state index in [2.05, 4.69) is 92.1 Å². The monoisotopic (exact) mass is 1020 g/mol. The lowest BCUT2D eigenvalue weighted by atomic mass is 9.99. The van der Waals surface area contributed by atoms with Crippen LogP contribution in [0, 0.1) is 0 Å². The van der Waals surface area contributed by atoms with Gasteiger partial charge in [-0.2, -0.15) is 0 Å². The average molecular weight is 1020 g/mol. The van der Waals surface area contributed by atoms with Crippen LogP contribution in [-0.4, -0.2) is 87.5 Å². The van der Waals surface area contributed by atoms with E-state index in [1.54, 1.807) is 6.08 Å². The van der Waals surface area contributed by atoms with E-state index in [4.69, 9.17) is 9.47 Å². The molecular weight excluding hydrogens is 911 g/mol. The van der Waals surface area contributed by atoms with E-state index >= 15 is 0 Å². The quantitative estimate of drug-likeness (QED) is 0.0261. The van der Waals surface area contributed by atoms with Crippen molar-refractivity contribution in [1.29, 1.82) is 0 Å². The molecule has 422 valence electrons. The first-order valence-corrected chi connectivity index (χ1v) is 30.3. The van der Waals surface area contributed by atoms with Crippen LogP contribution in [0.15, 0.2) is 85.1 Å². The molecule has 1 aliphatic heterocycles. The molecule has 0 aromatic heterocycles. The number of hydrogen-bond donors (Lipinski definition) is 6. The van der Waals surface area contributed by atoms with Crippen molar-refractivity contribution in [2.24, 2.45) is 0 Å². The van der Waals surface area contributed by atoms with Crippen molar-refractivity contribution in [1.82, 2.24) is 5.32 Å². The van der Waals surface area contributed by atoms with Crippen LogP contribution < -0.4 is 5.32 Å². The van der Waals surface area contributed by atoms with Crippen molar-refractivity contribution in [2.45, 2.75) is 301 Å². The second-order valence-electron chi connectivity index (χ2n) is 20.8. The third-order valence-corrected chi connectivity index (χ3v) is 14.0. The molecule has 0 aliphatic carbocycles. The number of allylic oxidation sites excluding steroid dienone is 13. The molecule has 1 saturated heterocycles. The van der Waals surface area contributed by atoms with E-state index in [1.807, 2.05) is 6.08 Å². The highest BCUT2D eigenvalue weighted by molar-refractivity contribution is 5.76. The Morgan fingerprint density at radius 3 is 1.26 bits per heavy atom. The zero-order chi connectivity index (χ0) is 52.9. The smallest absolute Gasteiger partial charge is 0.220 e. The summed E-state index contributed by atoms with van der Waals surface area (Å²) in [7, 11) is 0. The second-order valence-corrected chi connectivity index (χ2v) is 20.8. The fourth-order valence-electron chi connectivity index (χ4n) is 9.22. The van der Waals surface area contributed by atoms with Crippen LogP contribution in [0.5, 0.6) is 0 Å². The molecule has 1 heterocycles. The normalized spacial score (nSPS) is 19.7. The Balaban J connectivity index is 2.24. The molecule has 1 rings (SSSR count). The Labute approximate surface area is 448 Å². The lowest BCUT2D eigenvalue weighted by molar-refractivity contribution is -0.302. The van der Waals surface area contributed by atoms with Gasteiger partial charge in [0.05, 0.1) is 25.4 Å². The number of aliphatic hydroxyl groups excluding tert-OH is 5. The third kappa shape index (κ3) is 42.2. The highest BCUT2D eigenvalue weighted by Gasteiger charge is 2.44. The van der Waals surface area contributed by atoms with Gasteiger partial charge < -0.3 is 40.3 Å². The Bertz CT molecular complexity index is 1420. The summed E-state index contributed by atoms with van der Waals surface area (Å²) in [6.07, 6.45) is 67.9. The minimum absolute atomic E-state index is 0.202. The van der Waals surface area contributed by atoms with E-state index < -0.39 is 49.5 Å². The number of hydrogen-bond acceptors (Lipinski definition) is 8. The van der Waals surface area contributed by atoms with Crippen molar-refractivity contribution < 1.29 is 39.8 Å². The first kappa shape index (κ1) is 68.4. The molecule has 0 bridgehead atoms. The van der Waals surface area contributed by atoms with Gasteiger partial charge in [-0.05, 0) is 70.6 Å². The van der Waals surface area contributed by atoms with E-state index in [1.165, 1.54) is 148 Å². The summed E-state index contributed by atoms with van der Waals surface area (Å²) >= 11 is 0. The van der Waals surface area contributed by atoms with Crippen LogP contribution >= 0.6 is 0 Å². The molecule has 0 radical (unpaired) electrons. The molecule has 1 fully saturated rings. The van der Waals surface area contributed by atoms with Crippen molar-refractivity contribution in [3.8, 4) is 0 Å². The predicted octanol–water partition coefficient (Wildman–Crippen LogP) is 15.4. The van der Waals surface area contributed by atoms with Gasteiger partial charge in [0.1, 0.15) is 24.4 Å². The number of carbonyl (C=O) groups is 1. The Kier molecular flexibility index (Phi) is 49.5. The van der Waals surface area contributed by atoms with Gasteiger partial charge in [-0.25, -0.2) is 0 Å². The number of carbonyl (C=O) groups excluding carboxylic acids is 1. The van der Waals surface area contributed by atoms with Crippen LogP contribution in [0.2, 0.25) is 0 Å². The van der Waals surface area contributed by atoms with Crippen molar-refractivity contribution in [2.75, 3.05) is 13.2 Å². The van der Waals surface area contributed by atoms with E-state index in [0.29, 0.717) is 6.42 Å². The van der Waals surface area contributed by atoms with Gasteiger partial charge in [0, 0.05) is 6.42 Å². The zero-order valence-electron chi connectivity index (χ0n) is 46.9. The first-order chi connectivity index (χ1) is 35.8. The number of amides is 1. The molecule has 73 heavy (non-hydrogen) atoms. The number of nitrogens with one attached hydrogen (secondary N) is 1. The van der Waals surface area contributed by atoms with Gasteiger partial charge in [0.25, 0.3) is 0 Å². The lowest BCUT2D eigenvalue weighted by Crippen LogP contribution is -2.60. The maximum Gasteiger partial charge on any atom is 0.220 e. The van der Waals surface area contributed by atoms with Gasteiger partial charge in [0.15, 0.2) is 6.29 Å². The molecule has 9 nitrogen and oxygen atoms in total. The maximum atomic E-state index is 13.1. The summed E-state index contributed by atoms with van der Waals surface area (Å²) in [5.74, 6) is -0.202. The topological polar surface area (TPSA) is 149 Å². The van der Waals surface area contributed by atoms with E-state index in [-0.39, 0.29) is 12.5 Å². The lowest BCUT2D eigenvalue weighted by Gasteiger charge is -2.40. The standard InChI is InChI=1S/C64H113NO8/c1-3-5-7-9-11-13-15-17-19-21-23-25-27-28-29-30-32-33-35-37-39-41-43-45-47-49-51-53-58(67)57(56-72-64-63(71)62(70)61(69)59(55-66)73-64)65-60(68)54-52-50-48-46-44-42-40-38-36-34-31-26-24-22-20-18-16-14-12-10-8-6-4-2/h6,8,12,14,18,20,24,26,34,36,40,42,51,53,57-59,61-64,66-67,69-71H,3-5,7,9-11,13,15-17,19,21-23,25,27-33,35,37-39,41,43-50,52,54-56H2,1-2H3,(H,65,68)/b8-6-,14-12-,20-18-,26-24-,36-34-,42-40-,53-51+. The van der Waals surface area contributed by atoms with Crippen LogP contribution in [0.1, 0.15) is 258 Å². The Morgan fingerprint density at radius 1 is 0.479 bits per heavy atom. The van der Waals surface area contributed by atoms with Crippen LogP contribution in [0.25, 0.3) is 0 Å². The summed E-state index contributed by atoms with van der Waals surface area (Å²) in [6.45, 7) is 3.67. The fourth-order valence-corrected chi connectivity index (χ4v) is 9.22. The molecule has 0 saturated carbocycles. The molecule has 7 atom stereocenters. The van der Waals surface area contributed by atoms with Crippen LogP contribution in [0.4, 0.5) is 0 Å². The van der Waals surface area contributed by atoms with E-state index in [9.17, 15) is 30.3 Å².